The van der Waals surface area contributed by atoms with E-state index in [0.29, 0.717) is 19.5 Å². The smallest absolute Gasteiger partial charge is 0.238 e. The number of carbonyl (C=O) groups is 3. The number of hydrogen-bond donors (Lipinski definition) is 2. The van der Waals surface area contributed by atoms with Crippen LogP contribution in [0, 0.1) is 5.92 Å². The Kier molecular flexibility index (Phi) is 4.06. The van der Waals surface area contributed by atoms with Crippen molar-refractivity contribution in [2.45, 2.75) is 23.0 Å². The summed E-state index contributed by atoms with van der Waals surface area (Å²) in [7, 11) is 0. The number of nitrogens with zero attached hydrogens (tertiary/aromatic N) is 1. The van der Waals surface area contributed by atoms with Gasteiger partial charge in [0.1, 0.15) is 0 Å². The van der Waals surface area contributed by atoms with Crippen molar-refractivity contribution < 1.29 is 14.4 Å². The molecule has 3 rings (SSSR count). The maximum absolute atomic E-state index is 12.3. The predicted molar refractivity (Wildman–Crippen MR) is 83.2 cm³/mol. The number of nitrogens with one attached hydrogen (secondary N) is 1. The molecule has 1 fully saturated rings. The highest BCUT2D eigenvalue weighted by Crippen LogP contribution is 2.37. The molecule has 0 bridgehead atoms. The van der Waals surface area contributed by atoms with E-state index in [1.165, 1.54) is 11.8 Å². The van der Waals surface area contributed by atoms with Crippen molar-refractivity contribution >= 4 is 35.2 Å². The van der Waals surface area contributed by atoms with E-state index < -0.39 is 5.25 Å². The van der Waals surface area contributed by atoms with Gasteiger partial charge in [0.25, 0.3) is 0 Å². The van der Waals surface area contributed by atoms with Gasteiger partial charge in [-0.1, -0.05) is 12.1 Å². The molecule has 6 nitrogen and oxygen atoms in total. The Balaban J connectivity index is 1.63. The van der Waals surface area contributed by atoms with Gasteiger partial charge in [0.05, 0.1) is 16.9 Å². The zero-order chi connectivity index (χ0) is 15.7. The van der Waals surface area contributed by atoms with Gasteiger partial charge in [0, 0.05) is 24.4 Å². The van der Waals surface area contributed by atoms with Gasteiger partial charge in [0.15, 0.2) is 0 Å². The number of hydrogen-bond acceptors (Lipinski definition) is 4. The van der Waals surface area contributed by atoms with E-state index in [0.717, 1.165) is 10.6 Å². The quantitative estimate of drug-likeness (QED) is 0.863. The van der Waals surface area contributed by atoms with Gasteiger partial charge in [-0.2, -0.15) is 0 Å². The van der Waals surface area contributed by atoms with Crippen LogP contribution in [0.4, 0.5) is 5.69 Å². The Morgan fingerprint density at radius 2 is 2.14 bits per heavy atom. The number of benzene rings is 1. The van der Waals surface area contributed by atoms with E-state index >= 15 is 0 Å². The Morgan fingerprint density at radius 3 is 2.86 bits per heavy atom. The minimum absolute atomic E-state index is 0.101. The van der Waals surface area contributed by atoms with Crippen LogP contribution in [0.2, 0.25) is 0 Å². The van der Waals surface area contributed by atoms with Gasteiger partial charge < -0.3 is 16.0 Å². The number of rotatable bonds is 3. The molecule has 7 heteroatoms. The van der Waals surface area contributed by atoms with Crippen molar-refractivity contribution in [2.75, 3.05) is 18.4 Å². The fourth-order valence-electron chi connectivity index (χ4n) is 2.73. The van der Waals surface area contributed by atoms with E-state index in [1.54, 1.807) is 4.90 Å². The molecule has 1 saturated heterocycles. The minimum Gasteiger partial charge on any atom is -0.369 e. The summed E-state index contributed by atoms with van der Waals surface area (Å²) in [5.41, 5.74) is 6.06. The number of likely N-dealkylation sites (tertiary alicyclic amines) is 1. The summed E-state index contributed by atoms with van der Waals surface area (Å²) >= 11 is 1.41. The van der Waals surface area contributed by atoms with Crippen molar-refractivity contribution in [2.24, 2.45) is 11.7 Å². The SMILES string of the molecule is NC(=O)[C@@H]1CCN(C(=O)C[C@@H]2Sc3ccccc3NC2=O)C1. The highest BCUT2D eigenvalue weighted by atomic mass is 32.2. The molecular formula is C15H17N3O3S. The third kappa shape index (κ3) is 2.94. The summed E-state index contributed by atoms with van der Waals surface area (Å²) in [5.74, 6) is -0.884. The van der Waals surface area contributed by atoms with Crippen LogP contribution in [0.15, 0.2) is 29.2 Å². The van der Waals surface area contributed by atoms with Gasteiger partial charge in [0.2, 0.25) is 17.7 Å². The molecule has 22 heavy (non-hydrogen) atoms. The van der Waals surface area contributed by atoms with E-state index in [9.17, 15) is 14.4 Å². The molecule has 3 N–H and O–H groups in total. The van der Waals surface area contributed by atoms with Crippen LogP contribution < -0.4 is 11.1 Å². The average molecular weight is 319 g/mol. The Bertz CT molecular complexity index is 634. The molecule has 3 amide bonds. The van der Waals surface area contributed by atoms with Gasteiger partial charge in [-0.3, -0.25) is 14.4 Å². The molecule has 0 aliphatic carbocycles. The molecule has 2 aliphatic heterocycles. The van der Waals surface area contributed by atoms with Crippen LogP contribution in [0.25, 0.3) is 0 Å². The standard InChI is InChI=1S/C15H17N3O3S/c16-14(20)9-5-6-18(8-9)13(19)7-12-15(21)17-10-3-1-2-4-11(10)22-12/h1-4,9,12H,5-8H2,(H2,16,20)(H,17,21)/t9-,12+/m1/s1. The summed E-state index contributed by atoms with van der Waals surface area (Å²) in [4.78, 5) is 38.2. The van der Waals surface area contributed by atoms with Crippen LogP contribution in [0.5, 0.6) is 0 Å². The van der Waals surface area contributed by atoms with Gasteiger partial charge >= 0.3 is 0 Å². The van der Waals surface area contributed by atoms with E-state index in [1.807, 2.05) is 24.3 Å². The molecule has 0 unspecified atom stereocenters. The lowest BCUT2D eigenvalue weighted by Gasteiger charge is -2.25. The summed E-state index contributed by atoms with van der Waals surface area (Å²) in [5, 5.41) is 2.39. The first-order valence-corrected chi connectivity index (χ1v) is 8.06. The molecule has 0 saturated carbocycles. The van der Waals surface area contributed by atoms with Crippen LogP contribution in [0.3, 0.4) is 0 Å². The second kappa shape index (κ2) is 6.00. The van der Waals surface area contributed by atoms with Gasteiger partial charge in [-0.05, 0) is 18.6 Å². The van der Waals surface area contributed by atoms with Gasteiger partial charge in [-0.15, -0.1) is 11.8 Å². The highest BCUT2D eigenvalue weighted by Gasteiger charge is 2.34. The normalized spacial score (nSPS) is 23.8. The lowest BCUT2D eigenvalue weighted by molar-refractivity contribution is -0.132. The Morgan fingerprint density at radius 1 is 1.36 bits per heavy atom. The number of nitrogens with two attached hydrogens (primary N) is 1. The number of amides is 3. The predicted octanol–water partition coefficient (Wildman–Crippen LogP) is 0.823. The largest absolute Gasteiger partial charge is 0.369 e. The molecule has 1 aromatic carbocycles. The van der Waals surface area contributed by atoms with Crippen molar-refractivity contribution in [3.8, 4) is 0 Å². The molecule has 2 heterocycles. The topological polar surface area (TPSA) is 92.5 Å². The van der Waals surface area contributed by atoms with E-state index in [4.69, 9.17) is 5.73 Å². The monoisotopic (exact) mass is 319 g/mol. The first-order chi connectivity index (χ1) is 10.5. The van der Waals surface area contributed by atoms with E-state index in [2.05, 4.69) is 5.32 Å². The van der Waals surface area contributed by atoms with Crippen LogP contribution >= 0.6 is 11.8 Å². The first kappa shape index (κ1) is 14.9. The number of para-hydroxylation sites is 1. The molecule has 2 aliphatic rings. The molecule has 2 atom stereocenters. The Hall–Kier alpha value is -2.02. The molecule has 0 spiro atoms. The summed E-state index contributed by atoms with van der Waals surface area (Å²) in [6.45, 7) is 0.895. The third-order valence-electron chi connectivity index (χ3n) is 4.01. The van der Waals surface area contributed by atoms with Crippen LogP contribution in [0.1, 0.15) is 12.8 Å². The lowest BCUT2D eigenvalue weighted by Crippen LogP contribution is -2.37. The third-order valence-corrected chi connectivity index (χ3v) is 5.29. The second-order valence-corrected chi connectivity index (χ2v) is 6.77. The molecule has 116 valence electrons. The maximum atomic E-state index is 12.3. The lowest BCUT2D eigenvalue weighted by atomic mass is 10.1. The number of thioether (sulfide) groups is 1. The zero-order valence-corrected chi connectivity index (χ0v) is 12.8. The van der Waals surface area contributed by atoms with Crippen LogP contribution in [-0.4, -0.2) is 41.0 Å². The van der Waals surface area contributed by atoms with Crippen molar-refractivity contribution in [3.05, 3.63) is 24.3 Å². The molecule has 1 aromatic rings. The number of carbonyl (C=O) groups excluding carboxylic acids is 3. The van der Waals surface area contributed by atoms with Crippen LogP contribution in [-0.2, 0) is 14.4 Å². The average Bonchev–Trinajstić information content (AvgIpc) is 2.98. The highest BCUT2D eigenvalue weighted by molar-refractivity contribution is 8.01. The van der Waals surface area contributed by atoms with Crippen molar-refractivity contribution in [3.63, 3.8) is 0 Å². The number of primary amides is 1. The van der Waals surface area contributed by atoms with Gasteiger partial charge in [-0.25, -0.2) is 0 Å². The fraction of sp³-hybridized carbons (Fsp3) is 0.400. The fourth-order valence-corrected chi connectivity index (χ4v) is 3.84. The summed E-state index contributed by atoms with van der Waals surface area (Å²) in [6, 6.07) is 7.53. The summed E-state index contributed by atoms with van der Waals surface area (Å²) in [6.07, 6.45) is 0.740. The van der Waals surface area contributed by atoms with E-state index in [-0.39, 0.29) is 30.1 Å². The maximum Gasteiger partial charge on any atom is 0.238 e. The molecule has 0 radical (unpaired) electrons. The number of anilines is 1. The molecule has 0 aromatic heterocycles. The number of fused-ring (bicyclic) bond motifs is 1. The second-order valence-electron chi connectivity index (χ2n) is 5.52. The Labute approximate surface area is 132 Å². The first-order valence-electron chi connectivity index (χ1n) is 7.18. The van der Waals surface area contributed by atoms with Crippen molar-refractivity contribution in [1.82, 2.24) is 4.90 Å². The molecular weight excluding hydrogens is 302 g/mol. The summed E-state index contributed by atoms with van der Waals surface area (Å²) < 4.78 is 0. The zero-order valence-electron chi connectivity index (χ0n) is 12.0. The van der Waals surface area contributed by atoms with Crippen molar-refractivity contribution in [1.29, 1.82) is 0 Å². The minimum atomic E-state index is -0.435.